The normalized spacial score (nSPS) is 17.2. The number of carbonyl (C=O) groups is 1. The largest absolute Gasteiger partial charge is 0.476 e. The minimum Gasteiger partial charge on any atom is -0.476 e. The van der Waals surface area contributed by atoms with Gasteiger partial charge < -0.3 is 10.1 Å². The first-order valence-corrected chi connectivity index (χ1v) is 13.2. The first-order valence-electron chi connectivity index (χ1n) is 11.6. The Kier molecular flexibility index (Phi) is 13.0. The van der Waals surface area contributed by atoms with Gasteiger partial charge in [0.1, 0.15) is 11.5 Å². The Bertz CT molecular complexity index is 1070. The van der Waals surface area contributed by atoms with Crippen LogP contribution in [0.3, 0.4) is 0 Å². The summed E-state index contributed by atoms with van der Waals surface area (Å²) < 4.78 is 60.5. The van der Waals surface area contributed by atoms with Gasteiger partial charge in [-0.1, -0.05) is 17.7 Å². The highest BCUT2D eigenvalue weighted by atomic mass is 35.5. The first-order chi connectivity index (χ1) is 18.1. The van der Waals surface area contributed by atoms with Crippen LogP contribution < -0.4 is 5.32 Å². The molecule has 7 nitrogen and oxygen atoms in total. The number of thioether (sulfide) groups is 1. The third-order valence-corrected chi connectivity index (χ3v) is 7.06. The van der Waals surface area contributed by atoms with Crippen molar-refractivity contribution >= 4 is 48.7 Å². The second-order valence-corrected chi connectivity index (χ2v) is 9.54. The highest BCUT2D eigenvalue weighted by Gasteiger charge is 2.32. The average molecular weight is 576 g/mol. The van der Waals surface area contributed by atoms with E-state index in [1.165, 1.54) is 25.3 Å². The molecule has 0 aromatic heterocycles. The lowest BCUT2D eigenvalue weighted by molar-refractivity contribution is 0.0854. The zero-order valence-electron chi connectivity index (χ0n) is 21.1. The van der Waals surface area contributed by atoms with Crippen LogP contribution in [-0.2, 0) is 4.74 Å². The van der Waals surface area contributed by atoms with Gasteiger partial charge >= 0.3 is 0 Å². The Labute approximate surface area is 228 Å². The highest BCUT2D eigenvalue weighted by Crippen LogP contribution is 2.31. The molecule has 1 heterocycles. The standard InChI is InChI=1S/C25H30ClF4N5O2S/c1-15(27)34-20(13-31-2)37-14-16-8-10-35(11-9-16)19(23(38-4)22(32-3)24(29)30)12-33-25(36)21-17(26)6-5-7-18(21)28/h5-7,13,16,19,24H,2-3,8-12,14H2,1,4H3,(H,33,36)/b20-13+,23-22-,34-15?. The van der Waals surface area contributed by atoms with E-state index in [2.05, 4.69) is 33.7 Å². The van der Waals surface area contributed by atoms with E-state index in [1.54, 1.807) is 6.26 Å². The number of hydrogen-bond acceptors (Lipinski definition) is 7. The number of amides is 1. The molecule has 1 fully saturated rings. The Morgan fingerprint density at radius 1 is 1.34 bits per heavy atom. The van der Waals surface area contributed by atoms with Crippen LogP contribution in [0.1, 0.15) is 30.1 Å². The summed E-state index contributed by atoms with van der Waals surface area (Å²) in [4.78, 5) is 25.7. The lowest BCUT2D eigenvalue weighted by Gasteiger charge is -2.38. The maximum absolute atomic E-state index is 14.2. The Hall–Kier alpha value is -2.70. The number of allylic oxidation sites excluding steroid dienone is 1. The van der Waals surface area contributed by atoms with Gasteiger partial charge in [-0.3, -0.25) is 19.7 Å². The van der Waals surface area contributed by atoms with Crippen molar-refractivity contribution < 1.29 is 27.1 Å². The number of rotatable bonds is 13. The van der Waals surface area contributed by atoms with Gasteiger partial charge in [0.15, 0.2) is 5.97 Å². The van der Waals surface area contributed by atoms with Gasteiger partial charge in [0.2, 0.25) is 5.88 Å². The van der Waals surface area contributed by atoms with Crippen molar-refractivity contribution in [1.29, 1.82) is 0 Å². The maximum atomic E-state index is 14.2. The minimum absolute atomic E-state index is 0.000980. The van der Waals surface area contributed by atoms with Gasteiger partial charge in [0.05, 0.1) is 29.4 Å². The number of likely N-dealkylation sites (tertiary alicyclic amines) is 1. The van der Waals surface area contributed by atoms with Gasteiger partial charge in [-0.2, -0.15) is 9.38 Å². The molecule has 1 atom stereocenters. The molecule has 38 heavy (non-hydrogen) atoms. The molecule has 2 rings (SSSR count). The van der Waals surface area contributed by atoms with Crippen LogP contribution in [0.5, 0.6) is 0 Å². The Morgan fingerprint density at radius 2 is 2.03 bits per heavy atom. The predicted octanol–water partition coefficient (Wildman–Crippen LogP) is 5.73. The Morgan fingerprint density at radius 3 is 2.55 bits per heavy atom. The second-order valence-electron chi connectivity index (χ2n) is 8.28. The Balaban J connectivity index is 2.20. The van der Waals surface area contributed by atoms with Crippen molar-refractivity contribution in [3.8, 4) is 0 Å². The van der Waals surface area contributed by atoms with Crippen molar-refractivity contribution in [3.63, 3.8) is 0 Å². The number of halogens is 5. The van der Waals surface area contributed by atoms with Gasteiger partial charge in [-0.05, 0) is 63.7 Å². The topological polar surface area (TPSA) is 78.7 Å². The van der Waals surface area contributed by atoms with E-state index in [4.69, 9.17) is 16.3 Å². The third-order valence-electron chi connectivity index (χ3n) is 5.82. The van der Waals surface area contributed by atoms with Crippen LogP contribution in [0, 0.1) is 11.7 Å². The average Bonchev–Trinajstić information content (AvgIpc) is 2.86. The highest BCUT2D eigenvalue weighted by molar-refractivity contribution is 8.02. The molecule has 1 aromatic rings. The minimum atomic E-state index is -2.87. The fourth-order valence-electron chi connectivity index (χ4n) is 4.01. The number of ether oxygens (including phenoxy) is 1. The molecule has 1 N–H and O–H groups in total. The molecule has 13 heteroatoms. The van der Waals surface area contributed by atoms with E-state index in [0.29, 0.717) is 25.9 Å². The molecule has 1 aromatic carbocycles. The molecular formula is C25H30ClF4N5O2S. The molecule has 0 spiro atoms. The number of alkyl halides is 2. The third kappa shape index (κ3) is 8.95. The SMILES string of the molecule is C=N/C=C(\N=C(C)F)OCC1CCN(C(CNC(=O)c2c(F)cccc2Cl)/C(SC)=C(/N=C)C(F)F)CC1. The molecule has 1 amide bonds. The maximum Gasteiger partial charge on any atom is 0.281 e. The summed E-state index contributed by atoms with van der Waals surface area (Å²) in [5.74, 6) is -2.15. The molecule has 0 bridgehead atoms. The molecule has 208 valence electrons. The quantitative estimate of drug-likeness (QED) is 0.185. The summed E-state index contributed by atoms with van der Waals surface area (Å²) >= 11 is 7.09. The number of benzene rings is 1. The van der Waals surface area contributed by atoms with Crippen LogP contribution >= 0.6 is 23.4 Å². The predicted molar refractivity (Wildman–Crippen MR) is 146 cm³/mol. The van der Waals surface area contributed by atoms with Gasteiger partial charge in [0, 0.05) is 18.4 Å². The molecular weight excluding hydrogens is 546 g/mol. The van der Waals surface area contributed by atoms with Crippen LogP contribution in [0.15, 0.2) is 55.9 Å². The van der Waals surface area contributed by atoms with Crippen molar-refractivity contribution in [2.45, 2.75) is 32.2 Å². The summed E-state index contributed by atoms with van der Waals surface area (Å²) in [6.45, 7) is 8.91. The van der Waals surface area contributed by atoms with Crippen LogP contribution in [0.2, 0.25) is 5.02 Å². The zero-order valence-corrected chi connectivity index (χ0v) is 22.7. The van der Waals surface area contributed by atoms with Crippen molar-refractivity contribution in [1.82, 2.24) is 10.2 Å². The van der Waals surface area contributed by atoms with E-state index in [0.717, 1.165) is 17.8 Å². The molecule has 0 radical (unpaired) electrons. The van der Waals surface area contributed by atoms with E-state index in [1.807, 2.05) is 4.90 Å². The first kappa shape index (κ1) is 31.5. The number of hydrogen-bond donors (Lipinski definition) is 1. The number of aliphatic imine (C=N–C) groups is 3. The number of piperidine rings is 1. The molecule has 1 unspecified atom stereocenters. The van der Waals surface area contributed by atoms with E-state index >= 15 is 0 Å². The molecule has 0 saturated carbocycles. The fraction of sp³-hybridized carbons (Fsp3) is 0.440. The van der Waals surface area contributed by atoms with Crippen molar-refractivity contribution in [2.75, 3.05) is 32.5 Å². The van der Waals surface area contributed by atoms with Crippen molar-refractivity contribution in [3.05, 3.63) is 57.3 Å². The van der Waals surface area contributed by atoms with Crippen LogP contribution in [0.4, 0.5) is 17.6 Å². The van der Waals surface area contributed by atoms with Gasteiger partial charge in [-0.15, -0.1) is 11.8 Å². The number of carbonyl (C=O) groups excluding carboxylic acids is 1. The van der Waals surface area contributed by atoms with E-state index < -0.39 is 35.9 Å². The molecule has 1 aliphatic heterocycles. The van der Waals surface area contributed by atoms with Crippen LogP contribution in [-0.4, -0.2) is 75.2 Å². The summed E-state index contributed by atoms with van der Waals surface area (Å²) in [7, 11) is 0. The molecule has 0 aliphatic carbocycles. The lowest BCUT2D eigenvalue weighted by Crippen LogP contribution is -2.48. The number of nitrogens with one attached hydrogen (secondary N) is 1. The lowest BCUT2D eigenvalue weighted by atomic mass is 9.96. The molecule has 1 saturated heterocycles. The fourth-order valence-corrected chi connectivity index (χ4v) is 5.12. The molecule has 1 aliphatic rings. The monoisotopic (exact) mass is 575 g/mol. The number of nitrogens with zero attached hydrogens (tertiary/aromatic N) is 4. The van der Waals surface area contributed by atoms with Crippen molar-refractivity contribution in [2.24, 2.45) is 20.9 Å². The summed E-state index contributed by atoms with van der Waals surface area (Å²) in [6.07, 6.45) is 1.24. The van der Waals surface area contributed by atoms with E-state index in [-0.39, 0.29) is 40.4 Å². The van der Waals surface area contributed by atoms with E-state index in [9.17, 15) is 22.4 Å². The second kappa shape index (κ2) is 15.6. The van der Waals surface area contributed by atoms with Gasteiger partial charge in [0.25, 0.3) is 12.3 Å². The van der Waals surface area contributed by atoms with Crippen LogP contribution in [0.25, 0.3) is 0 Å². The summed E-state index contributed by atoms with van der Waals surface area (Å²) in [5.41, 5.74) is -0.796. The smallest absolute Gasteiger partial charge is 0.281 e. The zero-order chi connectivity index (χ0) is 28.2. The summed E-state index contributed by atoms with van der Waals surface area (Å²) in [6, 6.07) is 3.21. The van der Waals surface area contributed by atoms with Gasteiger partial charge in [-0.25, -0.2) is 13.2 Å². The summed E-state index contributed by atoms with van der Waals surface area (Å²) in [5, 5.41) is 2.57.